The van der Waals surface area contributed by atoms with Gasteiger partial charge >= 0.3 is 0 Å². The molecule has 1 fully saturated rings. The van der Waals surface area contributed by atoms with Gasteiger partial charge in [0, 0.05) is 61.0 Å². The molecule has 3 aromatic heterocycles. The third-order valence-corrected chi connectivity index (χ3v) is 6.12. The van der Waals surface area contributed by atoms with Crippen molar-refractivity contribution >= 4 is 28.7 Å². The largest absolute Gasteiger partial charge is 0.360 e. The molecule has 1 saturated heterocycles. The van der Waals surface area contributed by atoms with E-state index in [9.17, 15) is 9.18 Å². The van der Waals surface area contributed by atoms with Gasteiger partial charge in [-0.25, -0.2) is 19.9 Å². The van der Waals surface area contributed by atoms with E-state index in [2.05, 4.69) is 25.2 Å². The van der Waals surface area contributed by atoms with Crippen molar-refractivity contribution in [3.8, 4) is 11.5 Å². The van der Waals surface area contributed by atoms with E-state index < -0.39 is 5.95 Å². The van der Waals surface area contributed by atoms with Gasteiger partial charge in [0.25, 0.3) is 0 Å². The maximum atomic E-state index is 14.4. The average Bonchev–Trinajstić information content (AvgIpc) is 3.28. The zero-order valence-electron chi connectivity index (χ0n) is 16.4. The van der Waals surface area contributed by atoms with Crippen LogP contribution in [-0.4, -0.2) is 52.0 Å². The summed E-state index contributed by atoms with van der Waals surface area (Å²) in [6.07, 6.45) is 2.54. The van der Waals surface area contributed by atoms with E-state index in [1.807, 2.05) is 29.5 Å². The number of thiazole rings is 1. The molecule has 5 rings (SSSR count). The highest BCUT2D eigenvalue weighted by molar-refractivity contribution is 7.07. The van der Waals surface area contributed by atoms with Crippen LogP contribution in [0.2, 0.25) is 0 Å². The van der Waals surface area contributed by atoms with Gasteiger partial charge in [-0.15, -0.1) is 11.3 Å². The second kappa shape index (κ2) is 7.60. The Hall–Kier alpha value is -3.14. The SMILES string of the molecule is CC1c2cnc(-c3cscn3)nc2CCN1c1cc(N2CCNC(=O)C2)cc(F)n1. The first-order chi connectivity index (χ1) is 14.6. The van der Waals surface area contributed by atoms with Crippen molar-refractivity contribution in [1.82, 2.24) is 25.3 Å². The monoisotopic (exact) mass is 425 g/mol. The van der Waals surface area contributed by atoms with E-state index in [1.54, 1.807) is 5.51 Å². The van der Waals surface area contributed by atoms with Gasteiger partial charge in [-0.05, 0) is 6.92 Å². The molecule has 30 heavy (non-hydrogen) atoms. The predicted molar refractivity (Wildman–Crippen MR) is 112 cm³/mol. The number of aromatic nitrogens is 4. The van der Waals surface area contributed by atoms with Gasteiger partial charge < -0.3 is 15.1 Å². The normalized spacial score (nSPS) is 18.9. The number of hydrogen-bond donors (Lipinski definition) is 1. The van der Waals surface area contributed by atoms with Crippen LogP contribution in [-0.2, 0) is 11.2 Å². The van der Waals surface area contributed by atoms with Crippen LogP contribution in [0.4, 0.5) is 15.9 Å². The van der Waals surface area contributed by atoms with Crippen LogP contribution in [0.5, 0.6) is 0 Å². The Morgan fingerprint density at radius 2 is 2.13 bits per heavy atom. The molecule has 2 aliphatic rings. The highest BCUT2D eigenvalue weighted by atomic mass is 32.1. The number of carbonyl (C=O) groups is 1. The zero-order chi connectivity index (χ0) is 20.7. The minimum Gasteiger partial charge on any atom is -0.360 e. The van der Waals surface area contributed by atoms with Gasteiger partial charge in [-0.3, -0.25) is 4.79 Å². The number of hydrogen-bond acceptors (Lipinski definition) is 8. The molecule has 154 valence electrons. The number of rotatable bonds is 3. The number of piperazine rings is 1. The molecule has 1 atom stereocenters. The van der Waals surface area contributed by atoms with Gasteiger partial charge in [0.2, 0.25) is 11.9 Å². The predicted octanol–water partition coefficient (Wildman–Crippen LogP) is 2.19. The summed E-state index contributed by atoms with van der Waals surface area (Å²) in [6, 6.07) is 3.19. The summed E-state index contributed by atoms with van der Waals surface area (Å²) in [5, 5.41) is 4.72. The third kappa shape index (κ3) is 3.47. The molecular weight excluding hydrogens is 405 g/mol. The van der Waals surface area contributed by atoms with Crippen LogP contribution in [0, 0.1) is 5.95 Å². The van der Waals surface area contributed by atoms with Gasteiger partial charge in [-0.1, -0.05) is 0 Å². The van der Waals surface area contributed by atoms with Crippen LogP contribution >= 0.6 is 11.3 Å². The van der Waals surface area contributed by atoms with Crippen LogP contribution < -0.4 is 15.1 Å². The quantitative estimate of drug-likeness (QED) is 0.644. The number of fused-ring (bicyclic) bond motifs is 1. The first kappa shape index (κ1) is 18.9. The van der Waals surface area contributed by atoms with E-state index >= 15 is 0 Å². The standard InChI is InChI=1S/C20H20FN7OS/c1-12-14-8-23-20(16-10-30-11-24-16)25-15(14)2-4-28(12)18-7-13(6-17(21)26-18)27-5-3-22-19(29)9-27/h6-8,10-12H,2-5,9H2,1H3,(H,22,29). The van der Waals surface area contributed by atoms with Crippen LogP contribution in [0.3, 0.4) is 0 Å². The van der Waals surface area contributed by atoms with Crippen molar-refractivity contribution in [3.05, 3.63) is 46.4 Å². The number of amides is 1. The molecule has 5 heterocycles. The Bertz CT molecular complexity index is 1090. The molecule has 10 heteroatoms. The summed E-state index contributed by atoms with van der Waals surface area (Å²) >= 11 is 1.51. The van der Waals surface area contributed by atoms with E-state index in [0.717, 1.165) is 17.0 Å². The lowest BCUT2D eigenvalue weighted by Crippen LogP contribution is -2.47. The molecule has 1 N–H and O–H groups in total. The molecule has 8 nitrogen and oxygen atoms in total. The minimum atomic E-state index is -0.554. The fourth-order valence-corrected chi connectivity index (χ4v) is 4.51. The Morgan fingerprint density at radius 1 is 1.23 bits per heavy atom. The van der Waals surface area contributed by atoms with Crippen molar-refractivity contribution < 1.29 is 9.18 Å². The van der Waals surface area contributed by atoms with Gasteiger partial charge in [-0.2, -0.15) is 4.39 Å². The summed E-state index contributed by atoms with van der Waals surface area (Å²) in [7, 11) is 0. The molecule has 0 spiro atoms. The van der Waals surface area contributed by atoms with Crippen LogP contribution in [0.1, 0.15) is 24.2 Å². The molecule has 1 amide bonds. The lowest BCUT2D eigenvalue weighted by molar-refractivity contribution is -0.120. The van der Waals surface area contributed by atoms with Crippen LogP contribution in [0.25, 0.3) is 11.5 Å². The van der Waals surface area contributed by atoms with Crippen LogP contribution in [0.15, 0.2) is 29.2 Å². The average molecular weight is 425 g/mol. The molecule has 0 saturated carbocycles. The summed E-state index contributed by atoms with van der Waals surface area (Å²) < 4.78 is 14.4. The Labute approximate surface area is 176 Å². The van der Waals surface area contributed by atoms with E-state index in [0.29, 0.717) is 43.4 Å². The smallest absolute Gasteiger partial charge is 0.239 e. The Balaban J connectivity index is 1.44. The van der Waals surface area contributed by atoms with Gasteiger partial charge in [0.15, 0.2) is 5.82 Å². The zero-order valence-corrected chi connectivity index (χ0v) is 17.2. The highest BCUT2D eigenvalue weighted by Gasteiger charge is 2.28. The summed E-state index contributed by atoms with van der Waals surface area (Å²) in [4.78, 5) is 33.3. The molecule has 3 aromatic rings. The van der Waals surface area contributed by atoms with Gasteiger partial charge in [0.05, 0.1) is 23.8 Å². The number of nitrogens with zero attached hydrogens (tertiary/aromatic N) is 6. The van der Waals surface area contributed by atoms with Crippen molar-refractivity contribution in [3.63, 3.8) is 0 Å². The first-order valence-electron chi connectivity index (χ1n) is 9.79. The number of anilines is 2. The lowest BCUT2D eigenvalue weighted by atomic mass is 9.99. The molecular formula is C20H20FN7OS. The fourth-order valence-electron chi connectivity index (χ4n) is 3.98. The first-order valence-corrected chi connectivity index (χ1v) is 10.7. The van der Waals surface area contributed by atoms with Crippen molar-refractivity contribution in [1.29, 1.82) is 0 Å². The second-order valence-electron chi connectivity index (χ2n) is 7.37. The highest BCUT2D eigenvalue weighted by Crippen LogP contribution is 2.34. The summed E-state index contributed by atoms with van der Waals surface area (Å²) in [5.74, 6) is 0.567. The maximum Gasteiger partial charge on any atom is 0.239 e. The lowest BCUT2D eigenvalue weighted by Gasteiger charge is -2.36. The second-order valence-corrected chi connectivity index (χ2v) is 8.09. The van der Waals surface area contributed by atoms with Gasteiger partial charge in [0.1, 0.15) is 11.5 Å². The molecule has 0 bridgehead atoms. The Morgan fingerprint density at radius 3 is 2.93 bits per heavy atom. The molecule has 0 aromatic carbocycles. The van der Waals surface area contributed by atoms with E-state index in [-0.39, 0.29) is 18.5 Å². The molecule has 1 unspecified atom stereocenters. The van der Waals surface area contributed by atoms with E-state index in [4.69, 9.17) is 4.98 Å². The fraction of sp³-hybridized carbons (Fsp3) is 0.350. The number of carbonyl (C=O) groups excluding carboxylic acids is 1. The maximum absolute atomic E-state index is 14.4. The van der Waals surface area contributed by atoms with Crippen molar-refractivity contribution in [2.45, 2.75) is 19.4 Å². The van der Waals surface area contributed by atoms with Crippen molar-refractivity contribution in [2.75, 3.05) is 36.0 Å². The molecule has 2 aliphatic heterocycles. The van der Waals surface area contributed by atoms with E-state index in [1.165, 1.54) is 17.4 Å². The molecule has 0 aliphatic carbocycles. The summed E-state index contributed by atoms with van der Waals surface area (Å²) in [5.41, 5.74) is 5.20. The van der Waals surface area contributed by atoms with Crippen molar-refractivity contribution in [2.24, 2.45) is 0 Å². The third-order valence-electron chi connectivity index (χ3n) is 5.53. The minimum absolute atomic E-state index is 0.0509. The number of halogens is 1. The number of nitrogens with one attached hydrogen (secondary N) is 1. The molecule has 0 radical (unpaired) electrons. The Kier molecular flexibility index (Phi) is 4.78. The summed E-state index contributed by atoms with van der Waals surface area (Å²) in [6.45, 7) is 4.11. The number of pyridine rings is 1. The topological polar surface area (TPSA) is 87.1 Å².